The Morgan fingerprint density at radius 1 is 1.29 bits per heavy atom. The SMILES string of the molecule is CCCNC(=O)C[S@](=O)Cc1ccc(C)cc1. The summed E-state index contributed by atoms with van der Waals surface area (Å²) >= 11 is 0. The van der Waals surface area contributed by atoms with Crippen LogP contribution in [-0.2, 0) is 21.3 Å². The Hall–Kier alpha value is -1.16. The van der Waals surface area contributed by atoms with Crippen molar-refractivity contribution in [2.75, 3.05) is 12.3 Å². The van der Waals surface area contributed by atoms with Crippen LogP contribution in [0.5, 0.6) is 0 Å². The van der Waals surface area contributed by atoms with E-state index in [1.54, 1.807) is 0 Å². The second-order valence-electron chi connectivity index (χ2n) is 4.06. The number of hydrogen-bond acceptors (Lipinski definition) is 2. The average Bonchev–Trinajstić information content (AvgIpc) is 2.29. The minimum Gasteiger partial charge on any atom is -0.355 e. The highest BCUT2D eigenvalue weighted by Gasteiger charge is 2.07. The Bertz CT molecular complexity index is 387. The van der Waals surface area contributed by atoms with Crippen LogP contribution >= 0.6 is 0 Å². The highest BCUT2D eigenvalue weighted by molar-refractivity contribution is 7.84. The van der Waals surface area contributed by atoms with Crippen molar-refractivity contribution < 1.29 is 9.00 Å². The lowest BCUT2D eigenvalue weighted by atomic mass is 10.2. The van der Waals surface area contributed by atoms with Gasteiger partial charge in [0, 0.05) is 23.1 Å². The molecular formula is C13H19NO2S. The van der Waals surface area contributed by atoms with Gasteiger partial charge in [-0.2, -0.15) is 0 Å². The number of rotatable bonds is 6. The van der Waals surface area contributed by atoms with Crippen LogP contribution in [0.25, 0.3) is 0 Å². The summed E-state index contributed by atoms with van der Waals surface area (Å²) in [5, 5.41) is 2.73. The molecule has 0 heterocycles. The minimum absolute atomic E-state index is 0.0911. The van der Waals surface area contributed by atoms with Gasteiger partial charge in [0.25, 0.3) is 0 Å². The average molecular weight is 253 g/mol. The van der Waals surface area contributed by atoms with Crippen LogP contribution in [0.3, 0.4) is 0 Å². The van der Waals surface area contributed by atoms with E-state index >= 15 is 0 Å². The third-order valence-electron chi connectivity index (χ3n) is 2.31. The molecule has 4 heteroatoms. The molecule has 1 amide bonds. The molecule has 17 heavy (non-hydrogen) atoms. The summed E-state index contributed by atoms with van der Waals surface area (Å²) in [6.45, 7) is 4.66. The molecule has 0 aliphatic rings. The van der Waals surface area contributed by atoms with Crippen molar-refractivity contribution in [2.45, 2.75) is 26.0 Å². The number of carbonyl (C=O) groups excluding carboxylic acids is 1. The molecular weight excluding hydrogens is 234 g/mol. The van der Waals surface area contributed by atoms with Gasteiger partial charge >= 0.3 is 0 Å². The van der Waals surface area contributed by atoms with E-state index in [4.69, 9.17) is 0 Å². The van der Waals surface area contributed by atoms with Crippen LogP contribution in [0.2, 0.25) is 0 Å². The molecule has 0 aromatic heterocycles. The predicted molar refractivity (Wildman–Crippen MR) is 71.2 cm³/mol. The van der Waals surface area contributed by atoms with Crippen molar-refractivity contribution in [1.29, 1.82) is 0 Å². The molecule has 0 saturated carbocycles. The highest BCUT2D eigenvalue weighted by Crippen LogP contribution is 2.06. The number of carbonyl (C=O) groups is 1. The molecule has 0 saturated heterocycles. The van der Waals surface area contributed by atoms with Crippen LogP contribution in [0, 0.1) is 6.92 Å². The highest BCUT2D eigenvalue weighted by atomic mass is 32.2. The van der Waals surface area contributed by atoms with Crippen molar-refractivity contribution in [3.8, 4) is 0 Å². The molecule has 1 aromatic carbocycles. The van der Waals surface area contributed by atoms with Gasteiger partial charge in [-0.3, -0.25) is 9.00 Å². The normalized spacial score (nSPS) is 12.1. The van der Waals surface area contributed by atoms with Gasteiger partial charge in [0.2, 0.25) is 5.91 Å². The number of hydrogen-bond donors (Lipinski definition) is 1. The van der Waals surface area contributed by atoms with Gasteiger partial charge in [0.1, 0.15) is 5.75 Å². The van der Waals surface area contributed by atoms with E-state index in [9.17, 15) is 9.00 Å². The quantitative estimate of drug-likeness (QED) is 0.840. The van der Waals surface area contributed by atoms with Crippen molar-refractivity contribution in [1.82, 2.24) is 5.32 Å². The topological polar surface area (TPSA) is 46.2 Å². The first-order valence-electron chi connectivity index (χ1n) is 5.79. The lowest BCUT2D eigenvalue weighted by Gasteiger charge is -2.04. The van der Waals surface area contributed by atoms with Gasteiger partial charge in [0.15, 0.2) is 0 Å². The van der Waals surface area contributed by atoms with Crippen molar-refractivity contribution in [3.05, 3.63) is 35.4 Å². The first-order valence-corrected chi connectivity index (χ1v) is 7.28. The molecule has 0 bridgehead atoms. The fourth-order valence-electron chi connectivity index (χ4n) is 1.38. The first-order chi connectivity index (χ1) is 8.11. The smallest absolute Gasteiger partial charge is 0.232 e. The van der Waals surface area contributed by atoms with E-state index in [2.05, 4.69) is 5.32 Å². The Kier molecular flexibility index (Phi) is 5.91. The summed E-state index contributed by atoms with van der Waals surface area (Å²) in [7, 11) is -1.12. The third kappa shape index (κ3) is 5.63. The summed E-state index contributed by atoms with van der Waals surface area (Å²) in [6, 6.07) is 7.89. The number of benzene rings is 1. The van der Waals surface area contributed by atoms with E-state index in [1.165, 1.54) is 5.56 Å². The zero-order valence-corrected chi connectivity index (χ0v) is 11.2. The Labute approximate surface area is 105 Å². The van der Waals surface area contributed by atoms with E-state index in [-0.39, 0.29) is 11.7 Å². The summed E-state index contributed by atoms with van der Waals surface area (Å²) in [5.74, 6) is 0.408. The summed E-state index contributed by atoms with van der Waals surface area (Å²) < 4.78 is 11.7. The van der Waals surface area contributed by atoms with E-state index in [0.717, 1.165) is 12.0 Å². The van der Waals surface area contributed by atoms with Crippen molar-refractivity contribution in [3.63, 3.8) is 0 Å². The molecule has 0 spiro atoms. The molecule has 1 N–H and O–H groups in total. The number of amides is 1. The van der Waals surface area contributed by atoms with Crippen LogP contribution in [0.15, 0.2) is 24.3 Å². The molecule has 94 valence electrons. The van der Waals surface area contributed by atoms with Crippen LogP contribution in [0.1, 0.15) is 24.5 Å². The van der Waals surface area contributed by atoms with E-state index < -0.39 is 10.8 Å². The predicted octanol–water partition coefficient (Wildman–Crippen LogP) is 1.77. The zero-order chi connectivity index (χ0) is 12.7. The zero-order valence-electron chi connectivity index (χ0n) is 10.4. The second kappa shape index (κ2) is 7.22. The summed E-state index contributed by atoms with van der Waals surface area (Å²) in [4.78, 5) is 11.4. The van der Waals surface area contributed by atoms with E-state index in [0.29, 0.717) is 12.3 Å². The molecule has 0 fully saturated rings. The lowest BCUT2D eigenvalue weighted by molar-refractivity contribution is -0.118. The third-order valence-corrected chi connectivity index (χ3v) is 3.55. The minimum atomic E-state index is -1.12. The van der Waals surface area contributed by atoms with Gasteiger partial charge in [-0.15, -0.1) is 0 Å². The second-order valence-corrected chi connectivity index (χ2v) is 5.52. The fourth-order valence-corrected chi connectivity index (χ4v) is 2.44. The molecule has 0 aliphatic heterocycles. The van der Waals surface area contributed by atoms with Gasteiger partial charge in [-0.25, -0.2) is 0 Å². The van der Waals surface area contributed by atoms with Crippen LogP contribution < -0.4 is 5.32 Å². The van der Waals surface area contributed by atoms with Crippen LogP contribution in [0.4, 0.5) is 0 Å². The maximum absolute atomic E-state index is 11.7. The molecule has 0 radical (unpaired) electrons. The Balaban J connectivity index is 2.39. The molecule has 3 nitrogen and oxygen atoms in total. The lowest BCUT2D eigenvalue weighted by Crippen LogP contribution is -2.29. The fraction of sp³-hybridized carbons (Fsp3) is 0.462. The molecule has 1 aromatic rings. The molecule has 0 unspecified atom stereocenters. The largest absolute Gasteiger partial charge is 0.355 e. The molecule has 0 aliphatic carbocycles. The van der Waals surface area contributed by atoms with Gasteiger partial charge in [-0.1, -0.05) is 36.8 Å². The van der Waals surface area contributed by atoms with Gasteiger partial charge in [-0.05, 0) is 18.9 Å². The first kappa shape index (κ1) is 13.9. The Morgan fingerprint density at radius 3 is 2.53 bits per heavy atom. The van der Waals surface area contributed by atoms with Gasteiger partial charge in [0.05, 0.1) is 0 Å². The maximum Gasteiger partial charge on any atom is 0.232 e. The standard InChI is InChI=1S/C13H19NO2S/c1-3-8-14-13(15)10-17(16)9-12-6-4-11(2)5-7-12/h4-7H,3,8-10H2,1-2H3,(H,14,15)/t17-/m1/s1. The van der Waals surface area contributed by atoms with Crippen molar-refractivity contribution >= 4 is 16.7 Å². The van der Waals surface area contributed by atoms with E-state index in [1.807, 2.05) is 38.1 Å². The number of aryl methyl sites for hydroxylation is 1. The van der Waals surface area contributed by atoms with Crippen molar-refractivity contribution in [2.24, 2.45) is 0 Å². The summed E-state index contributed by atoms with van der Waals surface area (Å²) in [5.41, 5.74) is 2.19. The van der Waals surface area contributed by atoms with Crippen LogP contribution in [-0.4, -0.2) is 22.4 Å². The maximum atomic E-state index is 11.7. The Morgan fingerprint density at radius 2 is 1.94 bits per heavy atom. The molecule has 1 atom stereocenters. The summed E-state index contributed by atoms with van der Waals surface area (Å²) in [6.07, 6.45) is 0.899. The van der Waals surface area contributed by atoms with Gasteiger partial charge < -0.3 is 5.32 Å². The number of nitrogens with one attached hydrogen (secondary N) is 1. The monoisotopic (exact) mass is 253 g/mol. The molecule has 1 rings (SSSR count).